The number of aromatic nitrogens is 3. The number of halogens is 1. The van der Waals surface area contributed by atoms with Crippen LogP contribution < -0.4 is 0 Å². The molecule has 0 aliphatic carbocycles. The highest BCUT2D eigenvalue weighted by Gasteiger charge is 2.09. The van der Waals surface area contributed by atoms with Crippen LogP contribution in [0.4, 0.5) is 0 Å². The summed E-state index contributed by atoms with van der Waals surface area (Å²) in [4.78, 5) is 2.96. The average molecular weight is 306 g/mol. The third-order valence-electron chi connectivity index (χ3n) is 2.61. The summed E-state index contributed by atoms with van der Waals surface area (Å²) in [6.45, 7) is 0. The van der Waals surface area contributed by atoms with Gasteiger partial charge in [-0.05, 0) is 29.9 Å². The maximum Gasteiger partial charge on any atom is 0.198 e. The zero-order valence-corrected chi connectivity index (χ0v) is 11.1. The predicted molar refractivity (Wildman–Crippen MR) is 73.5 cm³/mol. The molecule has 3 rings (SSSR count). The van der Waals surface area contributed by atoms with E-state index in [0.717, 1.165) is 21.1 Å². The van der Waals surface area contributed by atoms with Crippen LogP contribution in [0.15, 0.2) is 47.2 Å². The van der Waals surface area contributed by atoms with Crippen molar-refractivity contribution in [3.8, 4) is 11.1 Å². The van der Waals surface area contributed by atoms with Gasteiger partial charge in [0.1, 0.15) is 0 Å². The molecular weight excluding hydrogens is 298 g/mol. The summed E-state index contributed by atoms with van der Waals surface area (Å²) >= 11 is 8.73. The zero-order valence-electron chi connectivity index (χ0n) is 8.72. The van der Waals surface area contributed by atoms with E-state index in [1.165, 1.54) is 0 Å². The van der Waals surface area contributed by atoms with Crippen LogP contribution in [0.1, 0.15) is 0 Å². The number of benzene rings is 1. The van der Waals surface area contributed by atoms with Crippen molar-refractivity contribution in [1.82, 2.24) is 14.6 Å². The fraction of sp³-hybridized carbons (Fsp3) is 0. The molecule has 0 aliphatic rings. The summed E-state index contributed by atoms with van der Waals surface area (Å²) in [5.41, 5.74) is 3.18. The van der Waals surface area contributed by atoms with Crippen molar-refractivity contribution in [2.45, 2.75) is 0 Å². The second kappa shape index (κ2) is 4.09. The van der Waals surface area contributed by atoms with Crippen LogP contribution in [-0.2, 0) is 0 Å². The van der Waals surface area contributed by atoms with E-state index in [4.69, 9.17) is 12.2 Å². The van der Waals surface area contributed by atoms with Gasteiger partial charge in [-0.25, -0.2) is 4.52 Å². The highest BCUT2D eigenvalue weighted by Crippen LogP contribution is 2.30. The Morgan fingerprint density at radius 2 is 2.00 bits per heavy atom. The van der Waals surface area contributed by atoms with Gasteiger partial charge in [0.2, 0.25) is 0 Å². The second-order valence-electron chi connectivity index (χ2n) is 3.62. The van der Waals surface area contributed by atoms with Crippen molar-refractivity contribution in [2.75, 3.05) is 0 Å². The highest BCUT2D eigenvalue weighted by atomic mass is 79.9. The maximum atomic E-state index is 5.18. The summed E-state index contributed by atoms with van der Waals surface area (Å²) in [6, 6.07) is 10.0. The first-order valence-corrected chi connectivity index (χ1v) is 6.28. The van der Waals surface area contributed by atoms with Crippen molar-refractivity contribution in [3.63, 3.8) is 0 Å². The first-order valence-electron chi connectivity index (χ1n) is 5.08. The molecule has 0 saturated heterocycles. The van der Waals surface area contributed by atoms with E-state index in [1.54, 1.807) is 4.52 Å². The lowest BCUT2D eigenvalue weighted by molar-refractivity contribution is 0.902. The molecule has 0 bridgehead atoms. The Balaban J connectivity index is 2.36. The lowest BCUT2D eigenvalue weighted by atomic mass is 10.1. The Kier molecular flexibility index (Phi) is 2.57. The minimum Gasteiger partial charge on any atom is -0.337 e. The highest BCUT2D eigenvalue weighted by molar-refractivity contribution is 9.10. The van der Waals surface area contributed by atoms with Crippen LogP contribution >= 0.6 is 28.1 Å². The molecule has 0 atom stereocenters. The van der Waals surface area contributed by atoms with Crippen molar-refractivity contribution in [1.29, 1.82) is 0 Å². The zero-order chi connectivity index (χ0) is 11.8. The largest absolute Gasteiger partial charge is 0.337 e. The summed E-state index contributed by atoms with van der Waals surface area (Å²) < 4.78 is 3.37. The summed E-state index contributed by atoms with van der Waals surface area (Å²) in [5.74, 6) is 0. The Bertz CT molecular complexity index is 745. The molecule has 0 aliphatic heterocycles. The molecule has 5 heteroatoms. The van der Waals surface area contributed by atoms with Crippen molar-refractivity contribution < 1.29 is 0 Å². The van der Waals surface area contributed by atoms with Crippen LogP contribution in [0.2, 0.25) is 0 Å². The number of aromatic amines is 1. The maximum absolute atomic E-state index is 5.18. The number of rotatable bonds is 1. The fourth-order valence-electron chi connectivity index (χ4n) is 1.82. The summed E-state index contributed by atoms with van der Waals surface area (Å²) in [7, 11) is 0. The topological polar surface area (TPSA) is 33.1 Å². The summed E-state index contributed by atoms with van der Waals surface area (Å²) in [6.07, 6.45) is 3.67. The van der Waals surface area contributed by atoms with E-state index in [-0.39, 0.29) is 0 Å². The molecule has 3 nitrogen and oxygen atoms in total. The van der Waals surface area contributed by atoms with Gasteiger partial charge in [-0.15, -0.1) is 0 Å². The molecule has 0 spiro atoms. The van der Waals surface area contributed by atoms with Crippen molar-refractivity contribution in [3.05, 3.63) is 52.0 Å². The van der Waals surface area contributed by atoms with Gasteiger partial charge in [0.25, 0.3) is 0 Å². The lowest BCUT2D eigenvalue weighted by Gasteiger charge is -2.01. The Morgan fingerprint density at radius 1 is 1.18 bits per heavy atom. The van der Waals surface area contributed by atoms with Gasteiger partial charge in [0, 0.05) is 16.2 Å². The van der Waals surface area contributed by atoms with Crippen molar-refractivity contribution >= 4 is 33.7 Å². The lowest BCUT2D eigenvalue weighted by Crippen LogP contribution is -1.90. The predicted octanol–water partition coefficient (Wildman–Crippen LogP) is 3.82. The monoisotopic (exact) mass is 305 g/mol. The minimum absolute atomic E-state index is 0.598. The Labute approximate surface area is 111 Å². The van der Waals surface area contributed by atoms with Crippen LogP contribution in [0.5, 0.6) is 0 Å². The van der Waals surface area contributed by atoms with E-state index in [0.29, 0.717) is 4.77 Å². The average Bonchev–Trinajstić information content (AvgIpc) is 2.75. The van der Waals surface area contributed by atoms with Gasteiger partial charge in [-0.3, -0.25) is 0 Å². The smallest absolute Gasteiger partial charge is 0.198 e. The number of nitrogens with one attached hydrogen (secondary N) is 1. The van der Waals surface area contributed by atoms with Gasteiger partial charge < -0.3 is 4.98 Å². The molecule has 3 aromatic rings. The Hall–Kier alpha value is -1.46. The first kappa shape index (κ1) is 10.7. The van der Waals surface area contributed by atoms with Crippen LogP contribution in [0, 0.1) is 4.77 Å². The van der Waals surface area contributed by atoms with Gasteiger partial charge in [0.05, 0.1) is 11.7 Å². The summed E-state index contributed by atoms with van der Waals surface area (Å²) in [5, 5.41) is 4.30. The van der Waals surface area contributed by atoms with E-state index < -0.39 is 0 Å². The molecule has 17 heavy (non-hydrogen) atoms. The molecule has 2 heterocycles. The number of H-pyrrole nitrogens is 1. The van der Waals surface area contributed by atoms with E-state index >= 15 is 0 Å². The first-order chi connectivity index (χ1) is 8.27. The molecule has 0 fully saturated rings. The third-order valence-corrected chi connectivity index (χ3v) is 3.59. The SMILES string of the molecule is S=c1[nH]ccc2c(-c3ccccc3Br)cnn12. The quantitative estimate of drug-likeness (QED) is 0.693. The number of nitrogens with zero attached hydrogens (tertiary/aromatic N) is 2. The van der Waals surface area contributed by atoms with E-state index in [9.17, 15) is 0 Å². The second-order valence-corrected chi connectivity index (χ2v) is 4.86. The number of hydrogen-bond donors (Lipinski definition) is 1. The van der Waals surface area contributed by atoms with Crippen LogP contribution in [0.3, 0.4) is 0 Å². The molecule has 1 aromatic carbocycles. The van der Waals surface area contributed by atoms with Crippen LogP contribution in [-0.4, -0.2) is 14.6 Å². The molecule has 0 radical (unpaired) electrons. The Morgan fingerprint density at radius 3 is 2.82 bits per heavy atom. The van der Waals surface area contributed by atoms with Crippen molar-refractivity contribution in [2.24, 2.45) is 0 Å². The fourth-order valence-corrected chi connectivity index (χ4v) is 2.53. The standard InChI is InChI=1S/C12H8BrN3S/c13-10-4-2-1-3-8(10)9-7-15-16-11(9)5-6-14-12(16)17/h1-7H,(H,14,17). The van der Waals surface area contributed by atoms with E-state index in [1.807, 2.05) is 36.7 Å². The minimum atomic E-state index is 0.598. The molecule has 0 saturated carbocycles. The molecule has 0 unspecified atom stereocenters. The van der Waals surface area contributed by atoms with Gasteiger partial charge in [-0.1, -0.05) is 34.1 Å². The number of fused-ring (bicyclic) bond motifs is 1. The molecular formula is C12H8BrN3S. The van der Waals surface area contributed by atoms with Gasteiger partial charge in [0.15, 0.2) is 4.77 Å². The molecule has 0 amide bonds. The third kappa shape index (κ3) is 1.71. The van der Waals surface area contributed by atoms with Crippen LogP contribution in [0.25, 0.3) is 16.6 Å². The van der Waals surface area contributed by atoms with E-state index in [2.05, 4.69) is 32.1 Å². The normalized spacial score (nSPS) is 10.9. The van der Waals surface area contributed by atoms with Gasteiger partial charge >= 0.3 is 0 Å². The number of hydrogen-bond acceptors (Lipinski definition) is 2. The van der Waals surface area contributed by atoms with Gasteiger partial charge in [-0.2, -0.15) is 5.10 Å². The molecule has 2 aromatic heterocycles. The molecule has 1 N–H and O–H groups in total. The molecule has 84 valence electrons.